The predicted molar refractivity (Wildman–Crippen MR) is 146 cm³/mol. The van der Waals surface area contributed by atoms with E-state index < -0.39 is 5.82 Å². The second-order valence-corrected chi connectivity index (χ2v) is 11.3. The highest BCUT2D eigenvalue weighted by Crippen LogP contribution is 2.34. The number of rotatable bonds is 9. The molecule has 1 aliphatic heterocycles. The van der Waals surface area contributed by atoms with Gasteiger partial charge in [-0.05, 0) is 71.2 Å². The molecule has 0 N–H and O–H groups in total. The van der Waals surface area contributed by atoms with Crippen LogP contribution in [0.4, 0.5) is 4.39 Å². The number of carbonyl (C=O) groups excluding carboxylic acids is 2. The molecule has 0 fully saturated rings. The zero-order valence-corrected chi connectivity index (χ0v) is 22.8. The third-order valence-electron chi connectivity index (χ3n) is 6.64. The SMILES string of the molecule is CC(C)CN(CC(=O)N1CCc2sccc2[C@@H]1COc1ccc(C(C)C)cc1)C(=O)c1cccc(F)c1. The predicted octanol–water partition coefficient (Wildman–Crippen LogP) is 6.31. The normalized spacial score (nSPS) is 15.1. The van der Waals surface area contributed by atoms with Gasteiger partial charge >= 0.3 is 0 Å². The molecule has 196 valence electrons. The molecule has 0 spiro atoms. The number of benzene rings is 2. The molecule has 7 heteroatoms. The first kappa shape index (κ1) is 26.9. The van der Waals surface area contributed by atoms with E-state index in [1.807, 2.05) is 30.9 Å². The number of nitrogens with zero attached hydrogens (tertiary/aromatic N) is 2. The summed E-state index contributed by atoms with van der Waals surface area (Å²) in [5, 5.41) is 2.06. The molecule has 0 unspecified atom stereocenters. The lowest BCUT2D eigenvalue weighted by atomic mass is 10.00. The second-order valence-electron chi connectivity index (χ2n) is 10.3. The number of ether oxygens (including phenoxy) is 1. The molecule has 0 saturated carbocycles. The fourth-order valence-corrected chi connectivity index (χ4v) is 5.65. The summed E-state index contributed by atoms with van der Waals surface area (Å²) in [4.78, 5) is 31.6. The Morgan fingerprint density at radius 2 is 1.86 bits per heavy atom. The van der Waals surface area contributed by atoms with Gasteiger partial charge in [0.2, 0.25) is 5.91 Å². The summed E-state index contributed by atoms with van der Waals surface area (Å²) < 4.78 is 20.0. The van der Waals surface area contributed by atoms with Crippen LogP contribution in [0.25, 0.3) is 0 Å². The first-order chi connectivity index (χ1) is 17.7. The van der Waals surface area contributed by atoms with Gasteiger partial charge in [-0.3, -0.25) is 9.59 Å². The fraction of sp³-hybridized carbons (Fsp3) is 0.400. The Hall–Kier alpha value is -3.19. The van der Waals surface area contributed by atoms with E-state index in [0.29, 0.717) is 25.6 Å². The van der Waals surface area contributed by atoms with Gasteiger partial charge in [0.15, 0.2) is 0 Å². The largest absolute Gasteiger partial charge is 0.491 e. The summed E-state index contributed by atoms with van der Waals surface area (Å²) in [7, 11) is 0. The Morgan fingerprint density at radius 3 is 2.54 bits per heavy atom. The van der Waals surface area contributed by atoms with Crippen molar-refractivity contribution in [2.75, 3.05) is 26.2 Å². The van der Waals surface area contributed by atoms with Crippen molar-refractivity contribution >= 4 is 23.2 Å². The maximum absolute atomic E-state index is 13.8. The van der Waals surface area contributed by atoms with Crippen LogP contribution in [0, 0.1) is 11.7 Å². The van der Waals surface area contributed by atoms with Crippen LogP contribution in [-0.2, 0) is 11.2 Å². The molecule has 5 nitrogen and oxygen atoms in total. The van der Waals surface area contributed by atoms with Crippen LogP contribution in [0.2, 0.25) is 0 Å². The van der Waals surface area contributed by atoms with E-state index in [2.05, 4.69) is 37.4 Å². The number of carbonyl (C=O) groups is 2. The minimum absolute atomic E-state index is 0.0629. The van der Waals surface area contributed by atoms with Crippen LogP contribution in [0.5, 0.6) is 5.75 Å². The molecule has 4 rings (SSSR count). The topological polar surface area (TPSA) is 49.9 Å². The fourth-order valence-electron chi connectivity index (χ4n) is 4.72. The van der Waals surface area contributed by atoms with Crippen molar-refractivity contribution in [3.8, 4) is 5.75 Å². The van der Waals surface area contributed by atoms with Gasteiger partial charge < -0.3 is 14.5 Å². The van der Waals surface area contributed by atoms with Crippen molar-refractivity contribution < 1.29 is 18.7 Å². The van der Waals surface area contributed by atoms with E-state index in [9.17, 15) is 14.0 Å². The average molecular weight is 523 g/mol. The van der Waals surface area contributed by atoms with E-state index in [-0.39, 0.29) is 35.9 Å². The smallest absolute Gasteiger partial charge is 0.254 e. The molecular formula is C30H35FN2O3S. The van der Waals surface area contributed by atoms with E-state index in [1.54, 1.807) is 17.4 Å². The molecular weight excluding hydrogens is 487 g/mol. The molecule has 0 aliphatic carbocycles. The molecule has 2 aromatic carbocycles. The number of halogens is 1. The maximum Gasteiger partial charge on any atom is 0.254 e. The minimum atomic E-state index is -0.471. The number of amides is 2. The van der Waals surface area contributed by atoms with E-state index >= 15 is 0 Å². The van der Waals surface area contributed by atoms with Crippen molar-refractivity contribution in [1.82, 2.24) is 9.80 Å². The zero-order chi connectivity index (χ0) is 26.5. The van der Waals surface area contributed by atoms with Crippen LogP contribution in [0.15, 0.2) is 60.0 Å². The van der Waals surface area contributed by atoms with Crippen LogP contribution >= 0.6 is 11.3 Å². The number of hydrogen-bond acceptors (Lipinski definition) is 4. The van der Waals surface area contributed by atoms with Crippen LogP contribution in [-0.4, -0.2) is 47.9 Å². The Labute approximate surface area is 222 Å². The molecule has 3 aromatic rings. The summed E-state index contributed by atoms with van der Waals surface area (Å²) in [6.45, 7) is 9.54. The summed E-state index contributed by atoms with van der Waals surface area (Å²) in [5.74, 6) is 0.419. The third kappa shape index (κ3) is 6.58. The van der Waals surface area contributed by atoms with Crippen molar-refractivity contribution in [2.45, 2.75) is 46.1 Å². The van der Waals surface area contributed by atoms with E-state index in [4.69, 9.17) is 4.74 Å². The Kier molecular flexibility index (Phi) is 8.64. The Morgan fingerprint density at radius 1 is 1.11 bits per heavy atom. The quantitative estimate of drug-likeness (QED) is 0.331. The van der Waals surface area contributed by atoms with Crippen molar-refractivity contribution in [3.05, 3.63) is 87.4 Å². The first-order valence-corrected chi connectivity index (χ1v) is 13.7. The lowest BCUT2D eigenvalue weighted by Crippen LogP contribution is -2.48. The van der Waals surface area contributed by atoms with Gasteiger partial charge in [0.05, 0.1) is 6.04 Å². The van der Waals surface area contributed by atoms with Crippen LogP contribution in [0.1, 0.15) is 66.0 Å². The van der Waals surface area contributed by atoms with E-state index in [1.165, 1.54) is 33.5 Å². The zero-order valence-electron chi connectivity index (χ0n) is 21.9. The van der Waals surface area contributed by atoms with Gasteiger partial charge in [-0.2, -0.15) is 0 Å². The highest BCUT2D eigenvalue weighted by atomic mass is 32.1. The standard InChI is InChI=1S/C30H35FN2O3S/c1-20(2)17-32(30(35)23-6-5-7-24(31)16-23)18-29(34)33-14-12-28-26(13-15-37-28)27(33)19-36-25-10-8-22(9-11-25)21(3)4/h5-11,13,15-16,20-21,27H,12,14,17-19H2,1-4H3/t27-/m0/s1. The lowest BCUT2D eigenvalue weighted by Gasteiger charge is -2.37. The number of fused-ring (bicyclic) bond motifs is 1. The molecule has 1 atom stereocenters. The monoisotopic (exact) mass is 522 g/mol. The minimum Gasteiger partial charge on any atom is -0.491 e. The number of thiophene rings is 1. The van der Waals surface area contributed by atoms with Crippen LogP contribution < -0.4 is 4.74 Å². The van der Waals surface area contributed by atoms with Crippen molar-refractivity contribution in [2.24, 2.45) is 5.92 Å². The maximum atomic E-state index is 13.8. The third-order valence-corrected chi connectivity index (χ3v) is 7.64. The summed E-state index contributed by atoms with van der Waals surface area (Å²) in [6.07, 6.45) is 0.778. The van der Waals surface area contributed by atoms with Gasteiger partial charge in [-0.15, -0.1) is 11.3 Å². The highest BCUT2D eigenvalue weighted by molar-refractivity contribution is 7.10. The summed E-state index contributed by atoms with van der Waals surface area (Å²) >= 11 is 1.70. The van der Waals surface area contributed by atoms with Gasteiger partial charge in [0, 0.05) is 23.5 Å². The van der Waals surface area contributed by atoms with Crippen LogP contribution in [0.3, 0.4) is 0 Å². The highest BCUT2D eigenvalue weighted by Gasteiger charge is 2.34. The summed E-state index contributed by atoms with van der Waals surface area (Å²) in [5.41, 5.74) is 2.60. The van der Waals surface area contributed by atoms with Gasteiger partial charge in [-0.1, -0.05) is 45.9 Å². The number of hydrogen-bond donors (Lipinski definition) is 0. The van der Waals surface area contributed by atoms with Crippen molar-refractivity contribution in [1.29, 1.82) is 0 Å². The molecule has 2 heterocycles. The first-order valence-electron chi connectivity index (χ1n) is 12.9. The summed E-state index contributed by atoms with van der Waals surface area (Å²) in [6, 6.07) is 15.5. The molecule has 0 radical (unpaired) electrons. The Bertz CT molecular complexity index is 1220. The second kappa shape index (κ2) is 11.9. The molecule has 1 aromatic heterocycles. The van der Waals surface area contributed by atoms with Crippen molar-refractivity contribution in [3.63, 3.8) is 0 Å². The van der Waals surface area contributed by atoms with Gasteiger partial charge in [0.25, 0.3) is 5.91 Å². The van der Waals surface area contributed by atoms with Gasteiger partial charge in [-0.25, -0.2) is 4.39 Å². The van der Waals surface area contributed by atoms with E-state index in [0.717, 1.165) is 17.7 Å². The van der Waals surface area contributed by atoms with Gasteiger partial charge in [0.1, 0.15) is 24.7 Å². The molecule has 37 heavy (non-hydrogen) atoms. The lowest BCUT2D eigenvalue weighted by molar-refractivity contribution is -0.135. The molecule has 1 aliphatic rings. The Balaban J connectivity index is 1.52. The average Bonchev–Trinajstić information content (AvgIpc) is 3.35. The molecule has 0 saturated heterocycles. The molecule has 2 amide bonds. The molecule has 0 bridgehead atoms.